The molecule has 4 heteroatoms. The van der Waals surface area contributed by atoms with E-state index < -0.39 is 0 Å². The molecular weight excluding hydrogens is 256 g/mol. The van der Waals surface area contributed by atoms with Gasteiger partial charge < -0.3 is 4.90 Å². The Morgan fingerprint density at radius 3 is 2.58 bits per heavy atom. The summed E-state index contributed by atoms with van der Waals surface area (Å²) >= 11 is 1.70. The molecule has 2 rings (SSSR count). The number of piperazine rings is 1. The van der Waals surface area contributed by atoms with E-state index in [1.165, 1.54) is 4.90 Å². The third-order valence-corrected chi connectivity index (χ3v) is 4.47. The quantitative estimate of drug-likeness (QED) is 0.622. The third kappa shape index (κ3) is 3.81. The van der Waals surface area contributed by atoms with Crippen molar-refractivity contribution in [1.29, 1.82) is 0 Å². The summed E-state index contributed by atoms with van der Waals surface area (Å²) < 4.78 is 0. The summed E-state index contributed by atoms with van der Waals surface area (Å²) in [5.41, 5.74) is 0.823. The highest BCUT2D eigenvalue weighted by atomic mass is 32.2. The van der Waals surface area contributed by atoms with Crippen LogP contribution in [0.4, 0.5) is 0 Å². The molecule has 1 unspecified atom stereocenters. The number of carbonyl (C=O) groups is 1. The number of hydrogen-bond donors (Lipinski definition) is 0. The second-order valence-electron chi connectivity index (χ2n) is 5.23. The number of likely N-dealkylation sites (N-methyl/N-ethyl adjacent to an activating group) is 1. The normalized spacial score (nSPS) is 21.5. The van der Waals surface area contributed by atoms with Crippen molar-refractivity contribution in [2.24, 2.45) is 0 Å². The van der Waals surface area contributed by atoms with Gasteiger partial charge in [-0.15, -0.1) is 11.8 Å². The maximum absolute atomic E-state index is 12.3. The van der Waals surface area contributed by atoms with Gasteiger partial charge in [-0.3, -0.25) is 9.69 Å². The number of hydrogen-bond acceptors (Lipinski definition) is 4. The van der Waals surface area contributed by atoms with Crippen LogP contribution in [-0.4, -0.2) is 61.1 Å². The molecule has 19 heavy (non-hydrogen) atoms. The van der Waals surface area contributed by atoms with Gasteiger partial charge in [-0.25, -0.2) is 0 Å². The second-order valence-corrected chi connectivity index (χ2v) is 6.11. The molecule has 0 bridgehead atoms. The summed E-state index contributed by atoms with van der Waals surface area (Å²) in [6.07, 6.45) is 2.04. The monoisotopic (exact) mass is 278 g/mol. The summed E-state index contributed by atoms with van der Waals surface area (Å²) in [7, 11) is 2.14. The lowest BCUT2D eigenvalue weighted by Crippen LogP contribution is -2.51. The molecule has 1 aliphatic rings. The molecule has 0 spiro atoms. The van der Waals surface area contributed by atoms with Crippen LogP contribution < -0.4 is 0 Å². The van der Waals surface area contributed by atoms with E-state index in [9.17, 15) is 4.79 Å². The van der Waals surface area contributed by atoms with Crippen molar-refractivity contribution in [2.45, 2.75) is 17.9 Å². The van der Waals surface area contributed by atoms with Gasteiger partial charge in [0.25, 0.3) is 0 Å². The van der Waals surface area contributed by atoms with Gasteiger partial charge in [0.1, 0.15) is 0 Å². The van der Waals surface area contributed by atoms with Crippen molar-refractivity contribution in [3.05, 3.63) is 29.8 Å². The first-order valence-electron chi connectivity index (χ1n) is 6.70. The van der Waals surface area contributed by atoms with E-state index in [1.54, 1.807) is 11.8 Å². The fraction of sp³-hybridized carbons (Fsp3) is 0.533. The number of carbonyl (C=O) groups excluding carboxylic acids is 1. The Morgan fingerprint density at radius 2 is 2.00 bits per heavy atom. The topological polar surface area (TPSA) is 23.6 Å². The molecule has 0 amide bonds. The van der Waals surface area contributed by atoms with Crippen LogP contribution in [0.1, 0.15) is 17.3 Å². The Labute approximate surface area is 120 Å². The SMILES string of the molecule is CSc1ccc(C(=O)CN2CCN(C)CC2C)cc1. The Kier molecular flexibility index (Phi) is 5.02. The van der Waals surface area contributed by atoms with E-state index in [0.717, 1.165) is 25.2 Å². The van der Waals surface area contributed by atoms with Gasteiger partial charge in [0.2, 0.25) is 0 Å². The molecule has 0 aliphatic carbocycles. The largest absolute Gasteiger partial charge is 0.304 e. The van der Waals surface area contributed by atoms with Crippen LogP contribution in [0, 0.1) is 0 Å². The molecule has 1 aliphatic heterocycles. The van der Waals surface area contributed by atoms with Gasteiger partial charge in [-0.1, -0.05) is 12.1 Å². The van der Waals surface area contributed by atoms with Gasteiger partial charge in [0.15, 0.2) is 5.78 Å². The smallest absolute Gasteiger partial charge is 0.176 e. The number of thioether (sulfide) groups is 1. The highest BCUT2D eigenvalue weighted by molar-refractivity contribution is 7.98. The summed E-state index contributed by atoms with van der Waals surface area (Å²) in [6, 6.07) is 8.37. The third-order valence-electron chi connectivity index (χ3n) is 3.73. The molecule has 1 heterocycles. The van der Waals surface area contributed by atoms with E-state index in [4.69, 9.17) is 0 Å². The zero-order valence-corrected chi connectivity index (χ0v) is 12.7. The number of Topliss-reactive ketones (excluding diaryl/α,β-unsaturated/α-hetero) is 1. The van der Waals surface area contributed by atoms with Crippen molar-refractivity contribution in [1.82, 2.24) is 9.80 Å². The van der Waals surface area contributed by atoms with Crippen LogP contribution in [0.3, 0.4) is 0 Å². The van der Waals surface area contributed by atoms with E-state index in [2.05, 4.69) is 23.8 Å². The number of benzene rings is 1. The highest BCUT2D eigenvalue weighted by Crippen LogP contribution is 2.16. The first-order valence-corrected chi connectivity index (χ1v) is 7.92. The molecule has 1 aromatic rings. The van der Waals surface area contributed by atoms with Crippen molar-refractivity contribution in [3.63, 3.8) is 0 Å². The lowest BCUT2D eigenvalue weighted by molar-refractivity contribution is 0.0747. The Morgan fingerprint density at radius 1 is 1.32 bits per heavy atom. The average molecular weight is 278 g/mol. The summed E-state index contributed by atoms with van der Waals surface area (Å²) in [6.45, 7) is 5.79. The predicted molar refractivity (Wildman–Crippen MR) is 81.1 cm³/mol. The van der Waals surface area contributed by atoms with Gasteiger partial charge in [-0.2, -0.15) is 0 Å². The molecule has 0 N–H and O–H groups in total. The molecule has 0 aromatic heterocycles. The van der Waals surface area contributed by atoms with Crippen LogP contribution in [-0.2, 0) is 0 Å². The van der Waals surface area contributed by atoms with Crippen LogP contribution in [0.2, 0.25) is 0 Å². The van der Waals surface area contributed by atoms with Crippen LogP contribution in [0.25, 0.3) is 0 Å². The van der Waals surface area contributed by atoms with Gasteiger partial charge in [0, 0.05) is 36.1 Å². The number of ketones is 1. The highest BCUT2D eigenvalue weighted by Gasteiger charge is 2.23. The summed E-state index contributed by atoms with van der Waals surface area (Å²) in [4.78, 5) is 18.1. The van der Waals surface area contributed by atoms with E-state index in [0.29, 0.717) is 12.6 Å². The minimum Gasteiger partial charge on any atom is -0.304 e. The van der Waals surface area contributed by atoms with E-state index >= 15 is 0 Å². The second kappa shape index (κ2) is 6.55. The van der Waals surface area contributed by atoms with Crippen molar-refractivity contribution in [2.75, 3.05) is 39.5 Å². The fourth-order valence-electron chi connectivity index (χ4n) is 2.46. The average Bonchev–Trinajstić information content (AvgIpc) is 2.42. The van der Waals surface area contributed by atoms with Gasteiger partial charge in [-0.05, 0) is 32.4 Å². The number of nitrogens with zero attached hydrogens (tertiary/aromatic N) is 2. The first-order chi connectivity index (χ1) is 9.10. The molecule has 1 aromatic carbocycles. The molecule has 3 nitrogen and oxygen atoms in total. The first kappa shape index (κ1) is 14.6. The van der Waals surface area contributed by atoms with Gasteiger partial charge in [0.05, 0.1) is 6.54 Å². The van der Waals surface area contributed by atoms with Crippen LogP contribution in [0.15, 0.2) is 29.2 Å². The minimum atomic E-state index is 0.226. The summed E-state index contributed by atoms with van der Waals surface area (Å²) in [5, 5.41) is 0. The zero-order valence-electron chi connectivity index (χ0n) is 11.9. The molecule has 1 saturated heterocycles. The molecule has 1 atom stereocenters. The Balaban J connectivity index is 1.96. The van der Waals surface area contributed by atoms with Crippen molar-refractivity contribution >= 4 is 17.5 Å². The van der Waals surface area contributed by atoms with E-state index in [1.807, 2.05) is 30.5 Å². The van der Waals surface area contributed by atoms with Crippen molar-refractivity contribution in [3.8, 4) is 0 Å². The molecule has 1 fully saturated rings. The van der Waals surface area contributed by atoms with Gasteiger partial charge >= 0.3 is 0 Å². The summed E-state index contributed by atoms with van der Waals surface area (Å²) in [5.74, 6) is 0.226. The fourth-order valence-corrected chi connectivity index (χ4v) is 2.87. The molecule has 0 saturated carbocycles. The lowest BCUT2D eigenvalue weighted by Gasteiger charge is -2.37. The predicted octanol–water partition coefficient (Wildman–Crippen LogP) is 2.23. The standard InChI is InChI=1S/C15H22N2OS/c1-12-10-16(2)8-9-17(12)11-15(18)13-4-6-14(19-3)7-5-13/h4-7,12H,8-11H2,1-3H3. The maximum Gasteiger partial charge on any atom is 0.176 e. The minimum absolute atomic E-state index is 0.226. The zero-order chi connectivity index (χ0) is 13.8. The van der Waals surface area contributed by atoms with E-state index in [-0.39, 0.29) is 5.78 Å². The molecule has 104 valence electrons. The van der Waals surface area contributed by atoms with Crippen LogP contribution in [0.5, 0.6) is 0 Å². The Hall–Kier alpha value is -0.840. The molecular formula is C15H22N2OS. The number of rotatable bonds is 4. The lowest BCUT2D eigenvalue weighted by atomic mass is 10.1. The molecule has 0 radical (unpaired) electrons. The maximum atomic E-state index is 12.3. The van der Waals surface area contributed by atoms with Crippen molar-refractivity contribution < 1.29 is 4.79 Å². The van der Waals surface area contributed by atoms with Crippen LogP contribution >= 0.6 is 11.8 Å². The Bertz CT molecular complexity index is 432.